The van der Waals surface area contributed by atoms with Crippen molar-refractivity contribution in [1.82, 2.24) is 5.32 Å². The first-order chi connectivity index (χ1) is 53.3. The van der Waals surface area contributed by atoms with Crippen LogP contribution in [0.2, 0.25) is 0 Å². The summed E-state index contributed by atoms with van der Waals surface area (Å²) >= 11 is 0. The number of amides is 1. The summed E-state index contributed by atoms with van der Waals surface area (Å²) in [7, 11) is 0. The Morgan fingerprint density at radius 2 is 0.633 bits per heavy atom. The predicted molar refractivity (Wildman–Crippen MR) is 438 cm³/mol. The van der Waals surface area contributed by atoms with Gasteiger partial charge in [-0.3, -0.25) is 4.79 Å². The number of ether oxygens (including phenoxy) is 6. The molecule has 0 bridgehead atoms. The maximum atomic E-state index is 13.5. The van der Waals surface area contributed by atoms with Gasteiger partial charge in [-0.05, 0) is 96.3 Å². The highest BCUT2D eigenvalue weighted by Gasteiger charge is 2.54. The predicted octanol–water partition coefficient (Wildman–Crippen LogP) is 15.6. The van der Waals surface area contributed by atoms with Crippen molar-refractivity contribution in [1.29, 1.82) is 0 Å². The Morgan fingerprint density at radius 3 is 0.991 bits per heavy atom. The first-order valence-corrected chi connectivity index (χ1v) is 42.9. The number of rotatable bonds is 67. The Balaban J connectivity index is 1.36. The SMILES string of the molecule is CC/C=C\C/C=C\C/C=C\C/C=C\C/C=C\C/C=C\C/C=C\C/C=C\C/C=C\C/C=C\C/C=C\CCCCCCCC(=O)NC(COC1OC(CO)C(OC2OC(CO)C(OC3OC(CO)C(O)C(O)C3O)C(O)C2O)C(O)C1O)C(O)CCCCCCCCCCCCCCCCCCCCCCCCCCC. The van der Waals surface area contributed by atoms with E-state index in [9.17, 15) is 61.0 Å². The quantitative estimate of drug-likeness (QED) is 0.0199. The van der Waals surface area contributed by atoms with Crippen LogP contribution in [-0.2, 0) is 33.2 Å². The van der Waals surface area contributed by atoms with Crippen LogP contribution in [0.5, 0.6) is 0 Å². The summed E-state index contributed by atoms with van der Waals surface area (Å²) in [6, 6.07) is -0.910. The molecular formula is C90H153NO18. The molecule has 3 aliphatic rings. The molecule has 3 rings (SSSR count). The molecule has 3 heterocycles. The zero-order valence-electron chi connectivity index (χ0n) is 67.2. The van der Waals surface area contributed by atoms with Gasteiger partial charge in [0.2, 0.25) is 5.91 Å². The summed E-state index contributed by atoms with van der Waals surface area (Å²) in [5.74, 6) is -0.264. The van der Waals surface area contributed by atoms with Gasteiger partial charge in [-0.2, -0.15) is 0 Å². The molecule has 626 valence electrons. The van der Waals surface area contributed by atoms with Crippen molar-refractivity contribution in [2.75, 3.05) is 26.4 Å². The number of allylic oxidation sites excluding steroid dienone is 22. The molecule has 0 aromatic rings. The van der Waals surface area contributed by atoms with E-state index in [1.54, 1.807) is 0 Å². The minimum atomic E-state index is -1.98. The van der Waals surface area contributed by atoms with Crippen molar-refractivity contribution in [3.8, 4) is 0 Å². The number of hydrogen-bond donors (Lipinski definition) is 12. The maximum Gasteiger partial charge on any atom is 0.220 e. The van der Waals surface area contributed by atoms with Crippen LogP contribution < -0.4 is 5.32 Å². The molecule has 0 spiro atoms. The first kappa shape index (κ1) is 99.1. The molecule has 19 nitrogen and oxygen atoms in total. The summed E-state index contributed by atoms with van der Waals surface area (Å²) in [6.07, 6.45) is 71.0. The molecule has 12 N–H and O–H groups in total. The van der Waals surface area contributed by atoms with E-state index in [-0.39, 0.29) is 18.9 Å². The smallest absolute Gasteiger partial charge is 0.220 e. The molecule has 1 amide bonds. The van der Waals surface area contributed by atoms with Gasteiger partial charge in [-0.1, -0.05) is 327 Å². The number of aliphatic hydroxyl groups is 11. The van der Waals surface area contributed by atoms with Crippen LogP contribution in [0.25, 0.3) is 0 Å². The zero-order chi connectivity index (χ0) is 78.8. The minimum Gasteiger partial charge on any atom is -0.394 e. The van der Waals surface area contributed by atoms with Gasteiger partial charge in [0.05, 0.1) is 38.6 Å². The highest BCUT2D eigenvalue weighted by Crippen LogP contribution is 2.33. The molecule has 19 heteroatoms. The highest BCUT2D eigenvalue weighted by molar-refractivity contribution is 5.76. The Morgan fingerprint density at radius 1 is 0.339 bits per heavy atom. The third-order valence-electron chi connectivity index (χ3n) is 20.5. The average Bonchev–Trinajstić information content (AvgIpc) is 0.759. The van der Waals surface area contributed by atoms with Crippen LogP contribution in [0.3, 0.4) is 0 Å². The molecule has 109 heavy (non-hydrogen) atoms. The van der Waals surface area contributed by atoms with E-state index in [1.807, 2.05) is 0 Å². The lowest BCUT2D eigenvalue weighted by Gasteiger charge is -2.48. The van der Waals surface area contributed by atoms with Crippen LogP contribution in [0.1, 0.15) is 296 Å². The Hall–Kier alpha value is -4.07. The van der Waals surface area contributed by atoms with Gasteiger partial charge in [-0.25, -0.2) is 0 Å². The summed E-state index contributed by atoms with van der Waals surface area (Å²) < 4.78 is 34.5. The maximum absolute atomic E-state index is 13.5. The number of aliphatic hydroxyl groups excluding tert-OH is 11. The van der Waals surface area contributed by atoms with Crippen molar-refractivity contribution >= 4 is 5.91 Å². The summed E-state index contributed by atoms with van der Waals surface area (Å²) in [5, 5.41) is 121. The van der Waals surface area contributed by atoms with Crippen molar-refractivity contribution in [3.63, 3.8) is 0 Å². The zero-order valence-corrected chi connectivity index (χ0v) is 67.2. The van der Waals surface area contributed by atoms with Gasteiger partial charge >= 0.3 is 0 Å². The Bertz CT molecular complexity index is 2490. The number of unbranched alkanes of at least 4 members (excludes halogenated alkanes) is 29. The Kier molecular flexibility index (Phi) is 62.2. The van der Waals surface area contributed by atoms with E-state index < -0.39 is 124 Å². The lowest BCUT2D eigenvalue weighted by Crippen LogP contribution is -2.66. The molecule has 0 aliphatic carbocycles. The van der Waals surface area contributed by atoms with Crippen LogP contribution in [0.4, 0.5) is 0 Å². The number of hydrogen-bond acceptors (Lipinski definition) is 18. The molecule has 17 unspecified atom stereocenters. The van der Waals surface area contributed by atoms with E-state index >= 15 is 0 Å². The average molecular weight is 1540 g/mol. The minimum absolute atomic E-state index is 0.236. The van der Waals surface area contributed by atoms with E-state index in [2.05, 4.69) is 153 Å². The second-order valence-corrected chi connectivity index (χ2v) is 29.9. The molecule has 3 saturated heterocycles. The van der Waals surface area contributed by atoms with Crippen LogP contribution in [0, 0.1) is 0 Å². The lowest BCUT2D eigenvalue weighted by atomic mass is 9.96. The molecule has 3 fully saturated rings. The fourth-order valence-electron chi connectivity index (χ4n) is 13.7. The Labute approximate surface area is 658 Å². The van der Waals surface area contributed by atoms with E-state index in [1.165, 1.54) is 135 Å². The number of nitrogens with one attached hydrogen (secondary N) is 1. The normalized spacial score (nSPS) is 26.0. The van der Waals surface area contributed by atoms with Gasteiger partial charge < -0.3 is 89.9 Å². The number of carbonyl (C=O) groups is 1. The highest BCUT2D eigenvalue weighted by atomic mass is 16.8. The topological polar surface area (TPSA) is 307 Å². The monoisotopic (exact) mass is 1540 g/mol. The third-order valence-corrected chi connectivity index (χ3v) is 20.5. The fraction of sp³-hybridized carbons (Fsp3) is 0.744. The van der Waals surface area contributed by atoms with Crippen molar-refractivity contribution in [2.24, 2.45) is 0 Å². The van der Waals surface area contributed by atoms with Crippen LogP contribution in [0.15, 0.2) is 134 Å². The largest absolute Gasteiger partial charge is 0.394 e. The van der Waals surface area contributed by atoms with Gasteiger partial charge in [-0.15, -0.1) is 0 Å². The molecule has 0 aromatic heterocycles. The lowest BCUT2D eigenvalue weighted by molar-refractivity contribution is -0.379. The van der Waals surface area contributed by atoms with E-state index in [4.69, 9.17) is 28.4 Å². The van der Waals surface area contributed by atoms with Crippen LogP contribution in [-0.4, -0.2) is 193 Å². The molecule has 0 aromatic carbocycles. The van der Waals surface area contributed by atoms with E-state index in [0.717, 1.165) is 128 Å². The molecule has 3 aliphatic heterocycles. The van der Waals surface area contributed by atoms with Crippen molar-refractivity contribution in [3.05, 3.63) is 134 Å². The van der Waals surface area contributed by atoms with Crippen LogP contribution >= 0.6 is 0 Å². The molecule has 0 saturated carbocycles. The fourth-order valence-corrected chi connectivity index (χ4v) is 13.7. The van der Waals surface area contributed by atoms with Crippen molar-refractivity contribution in [2.45, 2.75) is 401 Å². The number of carbonyl (C=O) groups excluding carboxylic acids is 1. The summed E-state index contributed by atoms with van der Waals surface area (Å²) in [6.45, 7) is 1.69. The summed E-state index contributed by atoms with van der Waals surface area (Å²) in [5.41, 5.74) is 0. The second kappa shape index (κ2) is 68.3. The van der Waals surface area contributed by atoms with Gasteiger partial charge in [0, 0.05) is 6.42 Å². The van der Waals surface area contributed by atoms with Gasteiger partial charge in [0.15, 0.2) is 18.9 Å². The van der Waals surface area contributed by atoms with Gasteiger partial charge in [0.25, 0.3) is 0 Å². The second-order valence-electron chi connectivity index (χ2n) is 29.9. The summed E-state index contributed by atoms with van der Waals surface area (Å²) in [4.78, 5) is 13.5. The first-order valence-electron chi connectivity index (χ1n) is 42.9. The standard InChI is InChI=1S/C90H153NO18/c1-3-5-7-9-11-13-15-17-19-21-23-25-27-29-30-31-32-33-34-35-36-37-38-39-40-41-42-44-46-48-50-52-54-56-58-60-62-64-66-68-78(96)91-73(74(95)67-65-63-61-59-57-55-53-51-49-47-45-43-28-26-24-22-20-18-16-14-12-10-8-6-4-2)72-104-88-84(102)81(99)86(76(70-93)106-88)109-90-85(103)82(100)87(77(71-94)107-90)108-89-83(101)80(98)79(97)75(69-92)105-89/h5,7,11,13,17,19,23,25,29-30,32-33,35-36,38-39,41-42,46,48,52,54,73-77,79-90,92-95,97-103H,3-4,6,8-10,12,14-16,18,20-22,24,26-28,31,34,37,40,43-45,47,49-51,53,55-72H2,1-2H3,(H,91,96)/b7-5-,13-11-,19-17-,25-23-,30-29-,33-32-,36-35-,39-38-,42-41-,48-46-,54-52-. The van der Waals surface area contributed by atoms with E-state index in [0.29, 0.717) is 12.8 Å². The molecule has 17 atom stereocenters. The third kappa shape index (κ3) is 47.4. The van der Waals surface area contributed by atoms with Gasteiger partial charge in [0.1, 0.15) is 73.2 Å². The molecular weight excluding hydrogens is 1380 g/mol. The van der Waals surface area contributed by atoms with Crippen molar-refractivity contribution < 1.29 is 89.4 Å². The molecule has 0 radical (unpaired) electrons.